The highest BCUT2D eigenvalue weighted by Gasteiger charge is 2.16. The van der Waals surface area contributed by atoms with E-state index in [9.17, 15) is 0 Å². The smallest absolute Gasteiger partial charge is 0.0955 e. The molecule has 0 aromatic carbocycles. The first-order valence-corrected chi connectivity index (χ1v) is 5.64. The van der Waals surface area contributed by atoms with E-state index in [0.29, 0.717) is 6.10 Å². The van der Waals surface area contributed by atoms with Crippen LogP contribution in [0.25, 0.3) is 0 Å². The van der Waals surface area contributed by atoms with E-state index >= 15 is 0 Å². The number of hydrogen-bond acceptors (Lipinski definition) is 2. The van der Waals surface area contributed by atoms with Crippen molar-refractivity contribution in [2.75, 3.05) is 20.2 Å². The fraction of sp³-hybridized carbons (Fsp3) is 0.909. The molecule has 1 heterocycles. The quantitative estimate of drug-likeness (QED) is 0.555. The Bertz CT molecular complexity index is 176. The Hall–Kier alpha value is -0.570. The van der Waals surface area contributed by atoms with Crippen LogP contribution in [-0.4, -0.2) is 37.0 Å². The van der Waals surface area contributed by atoms with E-state index in [0.717, 1.165) is 38.2 Å². The molecule has 3 heteroatoms. The van der Waals surface area contributed by atoms with Crippen molar-refractivity contribution in [2.45, 2.75) is 45.1 Å². The first-order chi connectivity index (χ1) is 6.74. The summed E-state index contributed by atoms with van der Waals surface area (Å²) in [5.74, 6) is 0.738. The second-order valence-corrected chi connectivity index (χ2v) is 4.07. The van der Waals surface area contributed by atoms with Crippen LogP contribution in [0.1, 0.15) is 39.0 Å². The highest BCUT2D eigenvalue weighted by Crippen LogP contribution is 2.13. The fourth-order valence-electron chi connectivity index (χ4n) is 1.79. The van der Waals surface area contributed by atoms with E-state index < -0.39 is 0 Å². The van der Waals surface area contributed by atoms with Gasteiger partial charge in [-0.1, -0.05) is 6.92 Å². The molecule has 0 aromatic rings. The zero-order chi connectivity index (χ0) is 10.4. The van der Waals surface area contributed by atoms with Gasteiger partial charge in [0.05, 0.1) is 11.9 Å². The summed E-state index contributed by atoms with van der Waals surface area (Å²) >= 11 is 0. The van der Waals surface area contributed by atoms with Gasteiger partial charge in [-0.2, -0.15) is 0 Å². The minimum atomic E-state index is 0.353. The van der Waals surface area contributed by atoms with Gasteiger partial charge in [-0.25, -0.2) is 0 Å². The van der Waals surface area contributed by atoms with Crippen molar-refractivity contribution in [3.8, 4) is 0 Å². The lowest BCUT2D eigenvalue weighted by atomic mass is 10.1. The molecule has 0 radical (unpaired) electrons. The van der Waals surface area contributed by atoms with Crippen LogP contribution in [0, 0.1) is 5.41 Å². The molecule has 1 unspecified atom stereocenters. The maximum absolute atomic E-state index is 7.78. The molecular weight excluding hydrogens is 176 g/mol. The van der Waals surface area contributed by atoms with Crippen LogP contribution in [0.2, 0.25) is 0 Å². The van der Waals surface area contributed by atoms with E-state index in [1.807, 2.05) is 11.9 Å². The molecule has 0 amide bonds. The van der Waals surface area contributed by atoms with Crippen molar-refractivity contribution in [1.82, 2.24) is 4.90 Å². The predicted octanol–water partition coefficient (Wildman–Crippen LogP) is 2.26. The Morgan fingerprint density at radius 2 is 2.29 bits per heavy atom. The van der Waals surface area contributed by atoms with Gasteiger partial charge in [-0.15, -0.1) is 0 Å². The second-order valence-electron chi connectivity index (χ2n) is 4.07. The van der Waals surface area contributed by atoms with Gasteiger partial charge >= 0.3 is 0 Å². The van der Waals surface area contributed by atoms with Crippen molar-refractivity contribution < 1.29 is 4.74 Å². The number of likely N-dealkylation sites (N-methyl/N-ethyl adjacent to an activating group) is 1. The van der Waals surface area contributed by atoms with E-state index in [-0.39, 0.29) is 0 Å². The number of ether oxygens (including phenoxy) is 1. The standard InChI is InChI=1S/C11H22N2O/c1-3-6-11(12)13(2)9-10-7-4-5-8-14-10/h10,12H,3-9H2,1-2H3. The van der Waals surface area contributed by atoms with Crippen LogP contribution in [-0.2, 0) is 4.74 Å². The monoisotopic (exact) mass is 198 g/mol. The third-order valence-corrected chi connectivity index (χ3v) is 2.70. The van der Waals surface area contributed by atoms with E-state index in [4.69, 9.17) is 10.1 Å². The van der Waals surface area contributed by atoms with Crippen LogP contribution in [0.15, 0.2) is 0 Å². The third kappa shape index (κ3) is 3.66. The van der Waals surface area contributed by atoms with Crippen molar-refractivity contribution in [3.63, 3.8) is 0 Å². The van der Waals surface area contributed by atoms with Crippen LogP contribution >= 0.6 is 0 Å². The van der Waals surface area contributed by atoms with Crippen LogP contribution in [0.5, 0.6) is 0 Å². The molecule has 1 rings (SSSR count). The molecule has 0 spiro atoms. The molecule has 1 atom stereocenters. The van der Waals surface area contributed by atoms with Crippen molar-refractivity contribution >= 4 is 5.84 Å². The van der Waals surface area contributed by atoms with Gasteiger partial charge in [-0.05, 0) is 25.7 Å². The molecule has 1 aliphatic heterocycles. The highest BCUT2D eigenvalue weighted by atomic mass is 16.5. The summed E-state index contributed by atoms with van der Waals surface area (Å²) in [5.41, 5.74) is 0. The summed E-state index contributed by atoms with van der Waals surface area (Å²) < 4.78 is 5.64. The van der Waals surface area contributed by atoms with Gasteiger partial charge in [0.2, 0.25) is 0 Å². The number of rotatable bonds is 4. The van der Waals surface area contributed by atoms with E-state index in [2.05, 4.69) is 6.92 Å². The lowest BCUT2D eigenvalue weighted by Crippen LogP contribution is -2.36. The maximum Gasteiger partial charge on any atom is 0.0955 e. The van der Waals surface area contributed by atoms with Crippen LogP contribution in [0.4, 0.5) is 0 Å². The van der Waals surface area contributed by atoms with Gasteiger partial charge in [-0.3, -0.25) is 5.41 Å². The average Bonchev–Trinajstić information content (AvgIpc) is 2.19. The molecule has 1 aliphatic rings. The van der Waals surface area contributed by atoms with Crippen molar-refractivity contribution in [1.29, 1.82) is 5.41 Å². The summed E-state index contributed by atoms with van der Waals surface area (Å²) in [5, 5.41) is 7.78. The molecule has 14 heavy (non-hydrogen) atoms. The molecule has 0 aliphatic carbocycles. The number of nitrogens with one attached hydrogen (secondary N) is 1. The highest BCUT2D eigenvalue weighted by molar-refractivity contribution is 5.78. The lowest BCUT2D eigenvalue weighted by Gasteiger charge is -2.28. The van der Waals surface area contributed by atoms with Crippen molar-refractivity contribution in [2.24, 2.45) is 0 Å². The van der Waals surface area contributed by atoms with Crippen molar-refractivity contribution in [3.05, 3.63) is 0 Å². The van der Waals surface area contributed by atoms with Gasteiger partial charge < -0.3 is 9.64 Å². The number of amidine groups is 1. The van der Waals surface area contributed by atoms with E-state index in [1.165, 1.54) is 12.8 Å². The number of nitrogens with zero attached hydrogens (tertiary/aromatic N) is 1. The zero-order valence-corrected chi connectivity index (χ0v) is 9.38. The first kappa shape index (κ1) is 11.5. The molecule has 0 saturated carbocycles. The molecule has 1 saturated heterocycles. The predicted molar refractivity (Wildman–Crippen MR) is 58.9 cm³/mol. The topological polar surface area (TPSA) is 36.3 Å². The Morgan fingerprint density at radius 3 is 2.86 bits per heavy atom. The van der Waals surface area contributed by atoms with E-state index in [1.54, 1.807) is 0 Å². The molecule has 1 N–H and O–H groups in total. The zero-order valence-electron chi connectivity index (χ0n) is 9.38. The molecule has 0 bridgehead atoms. The molecule has 82 valence electrons. The Labute approximate surface area is 86.9 Å². The van der Waals surface area contributed by atoms with Crippen LogP contribution in [0.3, 0.4) is 0 Å². The summed E-state index contributed by atoms with van der Waals surface area (Å²) in [6.45, 7) is 3.90. The summed E-state index contributed by atoms with van der Waals surface area (Å²) in [4.78, 5) is 2.03. The third-order valence-electron chi connectivity index (χ3n) is 2.70. The first-order valence-electron chi connectivity index (χ1n) is 5.64. The lowest BCUT2D eigenvalue weighted by molar-refractivity contribution is 0.00684. The Kier molecular flexibility index (Phi) is 4.94. The largest absolute Gasteiger partial charge is 0.376 e. The SMILES string of the molecule is CCCC(=N)N(C)CC1CCCCO1. The Morgan fingerprint density at radius 1 is 1.50 bits per heavy atom. The normalized spacial score (nSPS) is 22.0. The summed E-state index contributed by atoms with van der Waals surface area (Å²) in [6, 6.07) is 0. The molecule has 0 aromatic heterocycles. The van der Waals surface area contributed by atoms with Gasteiger partial charge in [0.1, 0.15) is 0 Å². The minimum Gasteiger partial charge on any atom is -0.376 e. The maximum atomic E-state index is 7.78. The fourth-order valence-corrected chi connectivity index (χ4v) is 1.79. The second kappa shape index (κ2) is 6.02. The molecular formula is C11H22N2O. The van der Waals surface area contributed by atoms with Gasteiger partial charge in [0, 0.05) is 26.6 Å². The average molecular weight is 198 g/mol. The van der Waals surface area contributed by atoms with Crippen LogP contribution < -0.4 is 0 Å². The Balaban J connectivity index is 2.24. The van der Waals surface area contributed by atoms with Gasteiger partial charge in [0.15, 0.2) is 0 Å². The summed E-state index contributed by atoms with van der Waals surface area (Å²) in [6.07, 6.45) is 5.92. The van der Waals surface area contributed by atoms with Gasteiger partial charge in [0.25, 0.3) is 0 Å². The minimum absolute atomic E-state index is 0.353. The molecule has 3 nitrogen and oxygen atoms in total. The number of hydrogen-bond donors (Lipinski definition) is 1. The molecule has 1 fully saturated rings. The summed E-state index contributed by atoms with van der Waals surface area (Å²) in [7, 11) is 2.00.